The summed E-state index contributed by atoms with van der Waals surface area (Å²) in [5.74, 6) is 0. The summed E-state index contributed by atoms with van der Waals surface area (Å²) in [4.78, 5) is 0. The van der Waals surface area contributed by atoms with Gasteiger partial charge in [-0.2, -0.15) is 0 Å². The highest BCUT2D eigenvalue weighted by Crippen LogP contribution is 2.31. The van der Waals surface area contributed by atoms with Crippen molar-refractivity contribution in [1.29, 1.82) is 0 Å². The molecule has 0 saturated carbocycles. The standard InChI is InChI=1S/C19H20/c1-2-6-15-11-13-17(14-12-15)19-10-5-8-16-7-3-4-9-18(16)19/h3-4,7,9-14H,2,5-6,8H2,1H3. The minimum atomic E-state index is 1.16. The van der Waals surface area contributed by atoms with Gasteiger partial charge in [0.2, 0.25) is 0 Å². The second kappa shape index (κ2) is 5.44. The van der Waals surface area contributed by atoms with Crippen molar-refractivity contribution in [2.24, 2.45) is 0 Å². The Hall–Kier alpha value is -1.82. The van der Waals surface area contributed by atoms with Crippen molar-refractivity contribution in [3.63, 3.8) is 0 Å². The van der Waals surface area contributed by atoms with Crippen LogP contribution in [0, 0.1) is 0 Å². The first kappa shape index (κ1) is 12.2. The molecule has 0 heterocycles. The summed E-state index contributed by atoms with van der Waals surface area (Å²) in [6.07, 6.45) is 7.11. The largest absolute Gasteiger partial charge is 0.0757 e. The van der Waals surface area contributed by atoms with E-state index in [1.54, 1.807) is 0 Å². The Bertz CT molecular complexity index is 588. The summed E-state index contributed by atoms with van der Waals surface area (Å²) in [5, 5.41) is 0. The van der Waals surface area contributed by atoms with E-state index in [1.807, 2.05) is 0 Å². The van der Waals surface area contributed by atoms with Crippen molar-refractivity contribution in [2.45, 2.75) is 32.6 Å². The van der Waals surface area contributed by atoms with Crippen LogP contribution < -0.4 is 0 Å². The zero-order valence-corrected chi connectivity index (χ0v) is 11.5. The van der Waals surface area contributed by atoms with Crippen LogP contribution in [0.4, 0.5) is 0 Å². The lowest BCUT2D eigenvalue weighted by Gasteiger charge is -2.18. The van der Waals surface area contributed by atoms with Gasteiger partial charge in [-0.3, -0.25) is 0 Å². The molecule has 96 valence electrons. The molecule has 0 atom stereocenters. The molecule has 0 bridgehead atoms. The third-order valence-electron chi connectivity index (χ3n) is 3.87. The van der Waals surface area contributed by atoms with Crippen molar-refractivity contribution in [3.05, 3.63) is 76.9 Å². The molecule has 0 amide bonds. The van der Waals surface area contributed by atoms with Gasteiger partial charge in [-0.1, -0.05) is 68.0 Å². The zero-order valence-electron chi connectivity index (χ0n) is 11.5. The molecule has 0 unspecified atom stereocenters. The SMILES string of the molecule is CCCc1ccc(C2=CCCc3ccccc32)cc1. The van der Waals surface area contributed by atoms with E-state index in [4.69, 9.17) is 0 Å². The molecule has 0 fully saturated rings. The molecule has 0 heteroatoms. The molecule has 2 aromatic carbocycles. The number of hydrogen-bond acceptors (Lipinski definition) is 0. The molecule has 0 nitrogen and oxygen atoms in total. The van der Waals surface area contributed by atoms with Crippen molar-refractivity contribution in [1.82, 2.24) is 0 Å². The average molecular weight is 248 g/mol. The monoisotopic (exact) mass is 248 g/mol. The molecular formula is C19H20. The number of fused-ring (bicyclic) bond motifs is 1. The first-order chi connectivity index (χ1) is 9.38. The predicted octanol–water partition coefficient (Wildman–Crippen LogP) is 5.02. The van der Waals surface area contributed by atoms with Gasteiger partial charge in [0.05, 0.1) is 0 Å². The maximum atomic E-state index is 2.39. The molecule has 0 N–H and O–H groups in total. The Morgan fingerprint density at radius 2 is 1.74 bits per heavy atom. The van der Waals surface area contributed by atoms with Crippen molar-refractivity contribution in [2.75, 3.05) is 0 Å². The van der Waals surface area contributed by atoms with Crippen LogP contribution in [0.25, 0.3) is 5.57 Å². The highest BCUT2D eigenvalue weighted by Gasteiger charge is 2.13. The molecule has 0 radical (unpaired) electrons. The van der Waals surface area contributed by atoms with Crippen LogP contribution in [-0.2, 0) is 12.8 Å². The van der Waals surface area contributed by atoms with Gasteiger partial charge in [0.25, 0.3) is 0 Å². The van der Waals surface area contributed by atoms with Gasteiger partial charge < -0.3 is 0 Å². The van der Waals surface area contributed by atoms with E-state index >= 15 is 0 Å². The van der Waals surface area contributed by atoms with E-state index < -0.39 is 0 Å². The lowest BCUT2D eigenvalue weighted by Crippen LogP contribution is -2.00. The third kappa shape index (κ3) is 2.49. The first-order valence-electron chi connectivity index (χ1n) is 7.26. The Labute approximate surface area is 115 Å². The van der Waals surface area contributed by atoms with Crippen LogP contribution in [-0.4, -0.2) is 0 Å². The molecular weight excluding hydrogens is 228 g/mol. The summed E-state index contributed by atoms with van der Waals surface area (Å²) < 4.78 is 0. The minimum Gasteiger partial charge on any atom is -0.0757 e. The number of aryl methyl sites for hydroxylation is 2. The molecule has 0 aliphatic heterocycles. The van der Waals surface area contributed by atoms with Crippen LogP contribution in [0.3, 0.4) is 0 Å². The minimum absolute atomic E-state index is 1.16. The van der Waals surface area contributed by atoms with E-state index in [-0.39, 0.29) is 0 Å². The highest BCUT2D eigenvalue weighted by molar-refractivity contribution is 5.82. The Balaban J connectivity index is 1.96. The van der Waals surface area contributed by atoms with Crippen LogP contribution in [0.5, 0.6) is 0 Å². The van der Waals surface area contributed by atoms with Crippen molar-refractivity contribution in [3.8, 4) is 0 Å². The molecule has 1 aliphatic rings. The second-order valence-electron chi connectivity index (χ2n) is 5.26. The molecule has 0 spiro atoms. The zero-order chi connectivity index (χ0) is 13.1. The lowest BCUT2D eigenvalue weighted by molar-refractivity contribution is 0.921. The van der Waals surface area contributed by atoms with Gasteiger partial charge in [0, 0.05) is 0 Å². The molecule has 19 heavy (non-hydrogen) atoms. The van der Waals surface area contributed by atoms with Gasteiger partial charge in [-0.15, -0.1) is 0 Å². The Kier molecular flexibility index (Phi) is 3.50. The first-order valence-corrected chi connectivity index (χ1v) is 7.26. The smallest absolute Gasteiger partial charge is 0.0148 e. The van der Waals surface area contributed by atoms with Gasteiger partial charge >= 0.3 is 0 Å². The van der Waals surface area contributed by atoms with Gasteiger partial charge in [-0.25, -0.2) is 0 Å². The highest BCUT2D eigenvalue weighted by atomic mass is 14.2. The third-order valence-corrected chi connectivity index (χ3v) is 3.87. The molecule has 2 aromatic rings. The van der Waals surface area contributed by atoms with Crippen LogP contribution in [0.15, 0.2) is 54.6 Å². The van der Waals surface area contributed by atoms with E-state index in [0.29, 0.717) is 0 Å². The van der Waals surface area contributed by atoms with Crippen molar-refractivity contribution >= 4 is 5.57 Å². The number of hydrogen-bond donors (Lipinski definition) is 0. The Morgan fingerprint density at radius 3 is 2.53 bits per heavy atom. The van der Waals surface area contributed by atoms with Crippen LogP contribution in [0.2, 0.25) is 0 Å². The summed E-state index contributed by atoms with van der Waals surface area (Å²) in [7, 11) is 0. The van der Waals surface area contributed by atoms with Crippen LogP contribution >= 0.6 is 0 Å². The Morgan fingerprint density at radius 1 is 0.947 bits per heavy atom. The number of allylic oxidation sites excluding steroid dienone is 1. The fourth-order valence-corrected chi connectivity index (χ4v) is 2.90. The van der Waals surface area contributed by atoms with Gasteiger partial charge in [-0.05, 0) is 47.1 Å². The second-order valence-corrected chi connectivity index (χ2v) is 5.26. The lowest BCUT2D eigenvalue weighted by atomic mass is 9.87. The van der Waals surface area contributed by atoms with E-state index in [9.17, 15) is 0 Å². The summed E-state index contributed by atoms with van der Waals surface area (Å²) >= 11 is 0. The normalized spacial score (nSPS) is 13.8. The van der Waals surface area contributed by atoms with Gasteiger partial charge in [0.15, 0.2) is 0 Å². The summed E-state index contributed by atoms with van der Waals surface area (Å²) in [6.45, 7) is 2.23. The number of benzene rings is 2. The molecule has 0 saturated heterocycles. The fourth-order valence-electron chi connectivity index (χ4n) is 2.90. The van der Waals surface area contributed by atoms with E-state index in [0.717, 1.165) is 6.42 Å². The van der Waals surface area contributed by atoms with Crippen molar-refractivity contribution < 1.29 is 0 Å². The molecule has 0 aromatic heterocycles. The molecule has 3 rings (SSSR count). The van der Waals surface area contributed by atoms with Gasteiger partial charge in [0.1, 0.15) is 0 Å². The fraction of sp³-hybridized carbons (Fsp3) is 0.263. The van der Waals surface area contributed by atoms with E-state index in [2.05, 4.69) is 61.5 Å². The summed E-state index contributed by atoms with van der Waals surface area (Å²) in [6, 6.07) is 17.9. The average Bonchev–Trinajstić information content (AvgIpc) is 2.48. The maximum absolute atomic E-state index is 2.39. The molecule has 1 aliphatic carbocycles. The number of rotatable bonds is 3. The maximum Gasteiger partial charge on any atom is -0.0148 e. The van der Waals surface area contributed by atoms with E-state index in [1.165, 1.54) is 47.1 Å². The van der Waals surface area contributed by atoms with Crippen LogP contribution in [0.1, 0.15) is 42.0 Å². The summed E-state index contributed by atoms with van der Waals surface area (Å²) in [5.41, 5.74) is 7.10. The predicted molar refractivity (Wildman–Crippen MR) is 82.3 cm³/mol. The topological polar surface area (TPSA) is 0 Å². The quantitative estimate of drug-likeness (QED) is 0.715.